The topological polar surface area (TPSA) is 54.9 Å². The monoisotopic (exact) mass is 457 g/mol. The van der Waals surface area contributed by atoms with Crippen molar-refractivity contribution in [1.82, 2.24) is 14.8 Å². The van der Waals surface area contributed by atoms with Gasteiger partial charge in [0.05, 0.1) is 7.11 Å². The highest BCUT2D eigenvalue weighted by atomic mass is 16.5. The van der Waals surface area contributed by atoms with Crippen molar-refractivity contribution in [2.24, 2.45) is 0 Å². The summed E-state index contributed by atoms with van der Waals surface area (Å²) in [6.07, 6.45) is 7.20. The van der Waals surface area contributed by atoms with E-state index in [2.05, 4.69) is 16.0 Å². The Morgan fingerprint density at radius 2 is 1.91 bits per heavy atom. The van der Waals surface area contributed by atoms with E-state index in [1.807, 2.05) is 72.6 Å². The molecule has 0 radical (unpaired) electrons. The lowest BCUT2D eigenvalue weighted by Crippen LogP contribution is -2.47. The average molecular weight is 458 g/mol. The number of aryl methyl sites for hydroxylation is 1. The maximum atomic E-state index is 12.7. The number of ether oxygens (including phenoxy) is 2. The second kappa shape index (κ2) is 11.5. The third kappa shape index (κ3) is 6.45. The van der Waals surface area contributed by atoms with E-state index in [0.29, 0.717) is 6.61 Å². The van der Waals surface area contributed by atoms with Crippen molar-refractivity contribution in [3.8, 4) is 11.5 Å². The fraction of sp³-hybridized carbons (Fsp3) is 0.286. The van der Waals surface area contributed by atoms with E-state index in [1.54, 1.807) is 19.4 Å². The van der Waals surface area contributed by atoms with Crippen LogP contribution in [-0.4, -0.2) is 54.0 Å². The number of piperazine rings is 1. The number of amides is 1. The molecule has 4 rings (SSSR count). The lowest BCUT2D eigenvalue weighted by Gasteiger charge is -2.34. The Kier molecular flexibility index (Phi) is 7.94. The number of hydrogen-bond donors (Lipinski definition) is 0. The first-order chi connectivity index (χ1) is 16.6. The maximum absolute atomic E-state index is 12.7. The van der Waals surface area contributed by atoms with Crippen LogP contribution in [0.5, 0.6) is 11.5 Å². The summed E-state index contributed by atoms with van der Waals surface area (Å²) in [4.78, 5) is 21.2. The molecule has 176 valence electrons. The molecule has 0 aliphatic carbocycles. The van der Waals surface area contributed by atoms with Crippen LogP contribution < -0.4 is 9.47 Å². The molecular formula is C28H31N3O3. The van der Waals surface area contributed by atoms with Crippen molar-refractivity contribution in [2.45, 2.75) is 20.1 Å². The molecule has 1 saturated heterocycles. The Balaban J connectivity index is 1.32. The minimum Gasteiger partial charge on any atom is -0.496 e. The molecule has 3 aromatic rings. The molecular weight excluding hydrogens is 426 g/mol. The van der Waals surface area contributed by atoms with Crippen LogP contribution in [0.3, 0.4) is 0 Å². The summed E-state index contributed by atoms with van der Waals surface area (Å²) in [5, 5.41) is 0. The van der Waals surface area contributed by atoms with Gasteiger partial charge < -0.3 is 14.4 Å². The number of carbonyl (C=O) groups is 1. The molecule has 2 aromatic carbocycles. The Hall–Kier alpha value is -3.64. The summed E-state index contributed by atoms with van der Waals surface area (Å²) in [5.41, 5.74) is 4.22. The fourth-order valence-corrected chi connectivity index (χ4v) is 4.03. The van der Waals surface area contributed by atoms with Gasteiger partial charge in [0.2, 0.25) is 5.91 Å². The summed E-state index contributed by atoms with van der Waals surface area (Å²) in [5.74, 6) is 1.62. The van der Waals surface area contributed by atoms with Gasteiger partial charge in [0.25, 0.3) is 0 Å². The molecule has 1 aliphatic heterocycles. The van der Waals surface area contributed by atoms with Gasteiger partial charge in [-0.25, -0.2) is 0 Å². The normalized spacial score (nSPS) is 14.4. The molecule has 0 bridgehead atoms. The Bertz CT molecular complexity index is 1120. The first-order valence-electron chi connectivity index (χ1n) is 11.6. The highest BCUT2D eigenvalue weighted by Gasteiger charge is 2.19. The van der Waals surface area contributed by atoms with Crippen LogP contribution in [0.4, 0.5) is 0 Å². The van der Waals surface area contributed by atoms with Crippen LogP contribution in [-0.2, 0) is 17.9 Å². The SMILES string of the molecule is COc1ccc(/C=C/C(=O)N2CCN(Cc3cccnc3)CC2)cc1COc1cccc(C)c1. The number of carbonyl (C=O) groups excluding carboxylic acids is 1. The largest absolute Gasteiger partial charge is 0.496 e. The standard InChI is InChI=1S/C28H31N3O3/c1-22-5-3-7-26(17-22)34-21-25-18-23(8-10-27(25)33-2)9-11-28(32)31-15-13-30(14-16-31)20-24-6-4-12-29-19-24/h3-12,17-19H,13-16,20-21H2,1-2H3/b11-9+. The summed E-state index contributed by atoms with van der Waals surface area (Å²) in [7, 11) is 1.65. The number of rotatable bonds is 8. The molecule has 1 fully saturated rings. The predicted octanol–water partition coefficient (Wildman–Crippen LogP) is 4.34. The van der Waals surface area contributed by atoms with Crippen LogP contribution in [0.2, 0.25) is 0 Å². The van der Waals surface area contributed by atoms with E-state index >= 15 is 0 Å². The van der Waals surface area contributed by atoms with Gasteiger partial charge in [0.15, 0.2) is 0 Å². The van der Waals surface area contributed by atoms with Crippen molar-refractivity contribution >= 4 is 12.0 Å². The Morgan fingerprint density at radius 3 is 2.65 bits per heavy atom. The predicted molar refractivity (Wildman–Crippen MR) is 134 cm³/mol. The summed E-state index contributed by atoms with van der Waals surface area (Å²) in [6.45, 7) is 6.46. The van der Waals surface area contributed by atoms with Crippen LogP contribution in [0, 0.1) is 6.92 Å². The minimum absolute atomic E-state index is 0.0365. The Labute approximate surface area is 201 Å². The first-order valence-corrected chi connectivity index (χ1v) is 11.6. The zero-order valence-corrected chi connectivity index (χ0v) is 19.8. The molecule has 34 heavy (non-hydrogen) atoms. The first kappa shape index (κ1) is 23.5. The number of aromatic nitrogens is 1. The van der Waals surface area contributed by atoms with Crippen LogP contribution >= 0.6 is 0 Å². The van der Waals surface area contributed by atoms with Crippen LogP contribution in [0.15, 0.2) is 73.1 Å². The second-order valence-corrected chi connectivity index (χ2v) is 8.47. The van der Waals surface area contributed by atoms with Crippen molar-refractivity contribution in [1.29, 1.82) is 0 Å². The molecule has 1 aliphatic rings. The molecule has 6 nitrogen and oxygen atoms in total. The Morgan fingerprint density at radius 1 is 1.06 bits per heavy atom. The quantitative estimate of drug-likeness (QED) is 0.471. The molecule has 2 heterocycles. The summed E-state index contributed by atoms with van der Waals surface area (Å²) in [6, 6.07) is 17.9. The highest BCUT2D eigenvalue weighted by molar-refractivity contribution is 5.91. The van der Waals surface area contributed by atoms with Crippen molar-refractivity contribution in [2.75, 3.05) is 33.3 Å². The van der Waals surface area contributed by atoms with Crippen molar-refractivity contribution < 1.29 is 14.3 Å². The van der Waals surface area contributed by atoms with Gasteiger partial charge in [-0.15, -0.1) is 0 Å². The third-order valence-corrected chi connectivity index (χ3v) is 5.92. The second-order valence-electron chi connectivity index (χ2n) is 8.47. The van der Waals surface area contributed by atoms with E-state index in [1.165, 1.54) is 5.56 Å². The molecule has 0 spiro atoms. The number of methoxy groups -OCH3 is 1. The van der Waals surface area contributed by atoms with Gasteiger partial charge in [0, 0.05) is 56.8 Å². The van der Waals surface area contributed by atoms with E-state index in [4.69, 9.17) is 9.47 Å². The number of hydrogen-bond acceptors (Lipinski definition) is 5. The van der Waals surface area contributed by atoms with E-state index in [-0.39, 0.29) is 5.91 Å². The van der Waals surface area contributed by atoms with Crippen molar-refractivity contribution in [3.63, 3.8) is 0 Å². The van der Waals surface area contributed by atoms with Gasteiger partial charge in [-0.2, -0.15) is 0 Å². The smallest absolute Gasteiger partial charge is 0.246 e. The van der Waals surface area contributed by atoms with Gasteiger partial charge >= 0.3 is 0 Å². The lowest BCUT2D eigenvalue weighted by molar-refractivity contribution is -0.127. The van der Waals surface area contributed by atoms with E-state index in [9.17, 15) is 4.79 Å². The zero-order chi connectivity index (χ0) is 23.8. The fourth-order valence-electron chi connectivity index (χ4n) is 4.03. The van der Waals surface area contributed by atoms with E-state index < -0.39 is 0 Å². The summed E-state index contributed by atoms with van der Waals surface area (Å²) < 4.78 is 11.5. The molecule has 0 saturated carbocycles. The highest BCUT2D eigenvalue weighted by Crippen LogP contribution is 2.23. The van der Waals surface area contributed by atoms with Crippen LogP contribution in [0.25, 0.3) is 6.08 Å². The van der Waals surface area contributed by atoms with Gasteiger partial charge in [0.1, 0.15) is 18.1 Å². The molecule has 1 aromatic heterocycles. The zero-order valence-electron chi connectivity index (χ0n) is 19.8. The minimum atomic E-state index is 0.0365. The maximum Gasteiger partial charge on any atom is 0.246 e. The van der Waals surface area contributed by atoms with Crippen LogP contribution in [0.1, 0.15) is 22.3 Å². The average Bonchev–Trinajstić information content (AvgIpc) is 2.87. The number of pyridine rings is 1. The molecule has 1 amide bonds. The molecule has 0 unspecified atom stereocenters. The third-order valence-electron chi connectivity index (χ3n) is 5.92. The van der Waals surface area contributed by atoms with E-state index in [0.717, 1.165) is 60.9 Å². The summed E-state index contributed by atoms with van der Waals surface area (Å²) >= 11 is 0. The number of nitrogens with zero attached hydrogens (tertiary/aromatic N) is 3. The molecule has 0 N–H and O–H groups in total. The van der Waals surface area contributed by atoms with Crippen molar-refractivity contribution in [3.05, 3.63) is 95.3 Å². The number of benzene rings is 2. The van der Waals surface area contributed by atoms with Gasteiger partial charge in [-0.05, 0) is 60.0 Å². The molecule has 6 heteroatoms. The molecule has 0 atom stereocenters. The van der Waals surface area contributed by atoms with Gasteiger partial charge in [-0.1, -0.05) is 24.3 Å². The lowest BCUT2D eigenvalue weighted by atomic mass is 10.1. The van der Waals surface area contributed by atoms with Gasteiger partial charge in [-0.3, -0.25) is 14.7 Å².